The van der Waals surface area contributed by atoms with Gasteiger partial charge in [0.25, 0.3) is 0 Å². The van der Waals surface area contributed by atoms with Gasteiger partial charge in [0.05, 0.1) is 5.69 Å². The molecule has 0 aromatic heterocycles. The quantitative estimate of drug-likeness (QED) is 0.781. The number of carbonyl (C=O) groups is 1. The number of rotatable bonds is 3. The van der Waals surface area contributed by atoms with E-state index in [0.717, 1.165) is 5.56 Å². The average Bonchev–Trinajstić information content (AvgIpc) is 2.42. The summed E-state index contributed by atoms with van der Waals surface area (Å²) in [5.41, 5.74) is 1.23. The van der Waals surface area contributed by atoms with Gasteiger partial charge < -0.3 is 5.32 Å². The Labute approximate surface area is 129 Å². The zero-order valence-corrected chi connectivity index (χ0v) is 12.6. The summed E-state index contributed by atoms with van der Waals surface area (Å²) in [5, 5.41) is 3.23. The molecule has 2 aromatic carbocycles. The number of hydrogen-bond donors (Lipinski definition) is 1. The summed E-state index contributed by atoms with van der Waals surface area (Å²) in [6.07, 6.45) is 3.03. The summed E-state index contributed by atoms with van der Waals surface area (Å²) in [5.74, 6) is -0.753. The maximum Gasteiger partial charge on any atom is 0.248 e. The molecule has 20 heavy (non-hydrogen) atoms. The van der Waals surface area contributed by atoms with E-state index in [4.69, 9.17) is 11.6 Å². The summed E-state index contributed by atoms with van der Waals surface area (Å²) in [4.78, 5) is 11.7. The van der Waals surface area contributed by atoms with Crippen LogP contribution in [0.15, 0.2) is 53.0 Å². The second kappa shape index (κ2) is 6.68. The number of benzene rings is 2. The van der Waals surface area contributed by atoms with Crippen molar-refractivity contribution >= 4 is 45.2 Å². The minimum atomic E-state index is -0.412. The normalized spacial score (nSPS) is 10.8. The molecule has 1 N–H and O–H groups in total. The van der Waals surface area contributed by atoms with Crippen LogP contribution in [0.25, 0.3) is 6.08 Å². The monoisotopic (exact) mass is 353 g/mol. The van der Waals surface area contributed by atoms with E-state index in [1.165, 1.54) is 24.3 Å². The molecule has 0 atom stereocenters. The molecule has 0 saturated carbocycles. The van der Waals surface area contributed by atoms with Crippen molar-refractivity contribution < 1.29 is 9.18 Å². The lowest BCUT2D eigenvalue weighted by Crippen LogP contribution is -2.08. The Balaban J connectivity index is 2.05. The van der Waals surface area contributed by atoms with Crippen molar-refractivity contribution in [2.45, 2.75) is 0 Å². The number of halogens is 3. The molecule has 2 aromatic rings. The van der Waals surface area contributed by atoms with E-state index in [1.807, 2.05) is 0 Å². The molecular formula is C15H10BrClFNO. The first kappa shape index (κ1) is 14.8. The predicted molar refractivity (Wildman–Crippen MR) is 83.2 cm³/mol. The second-order valence-corrected chi connectivity index (χ2v) is 5.29. The predicted octanol–water partition coefficient (Wildman–Crippen LogP) is 4.89. The molecule has 1 amide bonds. The molecule has 5 heteroatoms. The molecule has 0 unspecified atom stereocenters. The number of amides is 1. The molecular weight excluding hydrogens is 345 g/mol. The summed E-state index contributed by atoms with van der Waals surface area (Å²) in [6, 6.07) is 11.2. The molecule has 2 rings (SSSR count). The first-order chi connectivity index (χ1) is 9.54. The average molecular weight is 355 g/mol. The van der Waals surface area contributed by atoms with Gasteiger partial charge in [-0.3, -0.25) is 4.79 Å². The Hall–Kier alpha value is -1.65. The van der Waals surface area contributed by atoms with E-state index in [0.29, 0.717) is 15.2 Å². The van der Waals surface area contributed by atoms with Crippen LogP contribution in [0.1, 0.15) is 5.56 Å². The molecule has 2 nitrogen and oxygen atoms in total. The Bertz CT molecular complexity index is 655. The summed E-state index contributed by atoms with van der Waals surface area (Å²) in [7, 11) is 0. The standard InChI is InChI=1S/C15H10BrClFNO/c16-13-7-6-12(18)9-14(13)19-15(20)8-3-10-1-4-11(17)5-2-10/h1-9H,(H,19,20)/b8-3+. The zero-order valence-electron chi connectivity index (χ0n) is 10.2. The number of nitrogens with one attached hydrogen (secondary N) is 1. The van der Waals surface area contributed by atoms with Gasteiger partial charge in [0.2, 0.25) is 5.91 Å². The van der Waals surface area contributed by atoms with Gasteiger partial charge in [-0.05, 0) is 57.9 Å². The smallest absolute Gasteiger partial charge is 0.248 e. The molecule has 0 fully saturated rings. The largest absolute Gasteiger partial charge is 0.321 e. The van der Waals surface area contributed by atoms with Crippen LogP contribution in [0, 0.1) is 5.82 Å². The lowest BCUT2D eigenvalue weighted by atomic mass is 10.2. The van der Waals surface area contributed by atoms with Crippen molar-refractivity contribution in [3.8, 4) is 0 Å². The van der Waals surface area contributed by atoms with Crippen LogP contribution in [-0.2, 0) is 4.79 Å². The minimum Gasteiger partial charge on any atom is -0.321 e. The fraction of sp³-hybridized carbons (Fsp3) is 0. The van der Waals surface area contributed by atoms with Crippen LogP contribution >= 0.6 is 27.5 Å². The Morgan fingerprint density at radius 1 is 1.20 bits per heavy atom. The lowest BCUT2D eigenvalue weighted by Gasteiger charge is -2.04. The highest BCUT2D eigenvalue weighted by atomic mass is 79.9. The Kier molecular flexibility index (Phi) is 4.93. The van der Waals surface area contributed by atoms with Crippen LogP contribution in [-0.4, -0.2) is 5.91 Å². The van der Waals surface area contributed by atoms with Crippen LogP contribution in [0.2, 0.25) is 5.02 Å². The number of hydrogen-bond acceptors (Lipinski definition) is 1. The van der Waals surface area contributed by atoms with E-state index in [2.05, 4.69) is 21.2 Å². The van der Waals surface area contributed by atoms with Crippen molar-refractivity contribution in [2.75, 3.05) is 5.32 Å². The third-order valence-electron chi connectivity index (χ3n) is 2.48. The lowest BCUT2D eigenvalue weighted by molar-refractivity contribution is -0.111. The van der Waals surface area contributed by atoms with E-state index < -0.39 is 5.82 Å². The van der Waals surface area contributed by atoms with E-state index in [1.54, 1.807) is 30.3 Å². The highest BCUT2D eigenvalue weighted by Gasteiger charge is 2.04. The fourth-order valence-electron chi connectivity index (χ4n) is 1.51. The molecule has 0 heterocycles. The highest BCUT2D eigenvalue weighted by Crippen LogP contribution is 2.23. The van der Waals surface area contributed by atoms with Crippen LogP contribution in [0.5, 0.6) is 0 Å². The second-order valence-electron chi connectivity index (χ2n) is 4.00. The van der Waals surface area contributed by atoms with Gasteiger partial charge in [0.15, 0.2) is 0 Å². The van der Waals surface area contributed by atoms with Crippen molar-refractivity contribution in [1.29, 1.82) is 0 Å². The molecule has 0 radical (unpaired) electrons. The summed E-state index contributed by atoms with van der Waals surface area (Å²) in [6.45, 7) is 0. The van der Waals surface area contributed by atoms with Crippen LogP contribution < -0.4 is 5.32 Å². The van der Waals surface area contributed by atoms with Gasteiger partial charge in [-0.1, -0.05) is 23.7 Å². The molecule has 0 aliphatic carbocycles. The molecule has 0 bridgehead atoms. The maximum absolute atomic E-state index is 13.1. The zero-order chi connectivity index (χ0) is 14.5. The van der Waals surface area contributed by atoms with Crippen molar-refractivity contribution in [3.05, 3.63) is 69.4 Å². The van der Waals surface area contributed by atoms with Gasteiger partial charge >= 0.3 is 0 Å². The molecule has 0 aliphatic rings. The number of carbonyl (C=O) groups excluding carboxylic acids is 1. The molecule has 0 aliphatic heterocycles. The third-order valence-corrected chi connectivity index (χ3v) is 3.43. The fourth-order valence-corrected chi connectivity index (χ4v) is 1.99. The van der Waals surface area contributed by atoms with E-state index in [9.17, 15) is 9.18 Å². The minimum absolute atomic E-state index is 0.341. The molecule has 102 valence electrons. The SMILES string of the molecule is O=C(/C=C/c1ccc(Cl)cc1)Nc1cc(F)ccc1Br. The summed E-state index contributed by atoms with van der Waals surface area (Å²) < 4.78 is 13.7. The Morgan fingerprint density at radius 3 is 2.60 bits per heavy atom. The van der Waals surface area contributed by atoms with Gasteiger partial charge in [-0.15, -0.1) is 0 Å². The number of anilines is 1. The summed E-state index contributed by atoms with van der Waals surface area (Å²) >= 11 is 9.01. The van der Waals surface area contributed by atoms with Gasteiger partial charge in [-0.2, -0.15) is 0 Å². The van der Waals surface area contributed by atoms with Gasteiger partial charge in [0, 0.05) is 15.6 Å². The first-order valence-corrected chi connectivity index (χ1v) is 6.91. The van der Waals surface area contributed by atoms with Crippen LogP contribution in [0.3, 0.4) is 0 Å². The van der Waals surface area contributed by atoms with Crippen molar-refractivity contribution in [2.24, 2.45) is 0 Å². The topological polar surface area (TPSA) is 29.1 Å². The van der Waals surface area contributed by atoms with E-state index in [-0.39, 0.29) is 5.91 Å². The van der Waals surface area contributed by atoms with Gasteiger partial charge in [0.1, 0.15) is 5.82 Å². The third kappa shape index (κ3) is 4.18. The molecule has 0 spiro atoms. The Morgan fingerprint density at radius 2 is 1.90 bits per heavy atom. The van der Waals surface area contributed by atoms with Crippen molar-refractivity contribution in [1.82, 2.24) is 0 Å². The van der Waals surface area contributed by atoms with E-state index >= 15 is 0 Å². The van der Waals surface area contributed by atoms with Crippen molar-refractivity contribution in [3.63, 3.8) is 0 Å². The van der Waals surface area contributed by atoms with Gasteiger partial charge in [-0.25, -0.2) is 4.39 Å². The van der Waals surface area contributed by atoms with Crippen LogP contribution in [0.4, 0.5) is 10.1 Å². The maximum atomic E-state index is 13.1. The highest BCUT2D eigenvalue weighted by molar-refractivity contribution is 9.10. The molecule has 0 saturated heterocycles. The first-order valence-electron chi connectivity index (χ1n) is 5.74.